The first-order chi connectivity index (χ1) is 9.08. The van der Waals surface area contributed by atoms with Gasteiger partial charge in [0.25, 0.3) is 0 Å². The molecule has 19 heavy (non-hydrogen) atoms. The van der Waals surface area contributed by atoms with Gasteiger partial charge in [0.15, 0.2) is 0 Å². The van der Waals surface area contributed by atoms with Crippen molar-refractivity contribution in [2.24, 2.45) is 5.73 Å². The maximum Gasteiger partial charge on any atom is 0.120 e. The van der Waals surface area contributed by atoms with Crippen LogP contribution in [0.3, 0.4) is 0 Å². The smallest absolute Gasteiger partial charge is 0.120 e. The Kier molecular flexibility index (Phi) is 4.23. The zero-order valence-corrected chi connectivity index (χ0v) is 11.8. The van der Waals surface area contributed by atoms with Gasteiger partial charge in [0.1, 0.15) is 11.9 Å². The van der Waals surface area contributed by atoms with Crippen molar-refractivity contribution in [2.75, 3.05) is 0 Å². The molecule has 0 saturated carbocycles. The fourth-order valence-electron chi connectivity index (χ4n) is 2.02. The first-order valence-electron chi connectivity index (χ1n) is 6.62. The summed E-state index contributed by atoms with van der Waals surface area (Å²) in [5, 5.41) is 0. The first-order valence-corrected chi connectivity index (χ1v) is 6.62. The van der Waals surface area contributed by atoms with E-state index in [4.69, 9.17) is 10.5 Å². The fraction of sp³-hybridized carbons (Fsp3) is 0.294. The molecule has 0 radical (unpaired) electrons. The van der Waals surface area contributed by atoms with E-state index >= 15 is 0 Å². The summed E-state index contributed by atoms with van der Waals surface area (Å²) in [7, 11) is 0. The van der Waals surface area contributed by atoms with Crippen LogP contribution in [0.4, 0.5) is 0 Å². The summed E-state index contributed by atoms with van der Waals surface area (Å²) in [6.07, 6.45) is -0.0653. The number of rotatable bonds is 4. The molecule has 0 spiro atoms. The van der Waals surface area contributed by atoms with E-state index in [0.29, 0.717) is 0 Å². The van der Waals surface area contributed by atoms with Crippen molar-refractivity contribution in [3.05, 3.63) is 65.2 Å². The van der Waals surface area contributed by atoms with Gasteiger partial charge in [-0.3, -0.25) is 0 Å². The van der Waals surface area contributed by atoms with Crippen molar-refractivity contribution in [1.82, 2.24) is 0 Å². The van der Waals surface area contributed by atoms with Crippen LogP contribution in [-0.2, 0) is 0 Å². The molecule has 100 valence electrons. The van der Waals surface area contributed by atoms with Crippen molar-refractivity contribution in [3.8, 4) is 5.75 Å². The third-order valence-corrected chi connectivity index (χ3v) is 3.49. The molecule has 0 aliphatic heterocycles. The molecule has 0 aromatic heterocycles. The Labute approximate surface area is 115 Å². The lowest BCUT2D eigenvalue weighted by Gasteiger charge is -2.22. The highest BCUT2D eigenvalue weighted by Crippen LogP contribution is 2.22. The van der Waals surface area contributed by atoms with E-state index in [1.165, 1.54) is 11.1 Å². The number of nitrogens with two attached hydrogens (primary N) is 1. The van der Waals surface area contributed by atoms with E-state index < -0.39 is 0 Å². The summed E-state index contributed by atoms with van der Waals surface area (Å²) in [5.41, 5.74) is 9.83. The monoisotopic (exact) mass is 255 g/mol. The average molecular weight is 255 g/mol. The zero-order valence-electron chi connectivity index (χ0n) is 11.8. The predicted molar refractivity (Wildman–Crippen MR) is 79.4 cm³/mol. The number of hydrogen-bond acceptors (Lipinski definition) is 2. The van der Waals surface area contributed by atoms with Crippen LogP contribution in [0.15, 0.2) is 48.5 Å². The molecule has 0 heterocycles. The van der Waals surface area contributed by atoms with E-state index in [0.717, 1.165) is 11.3 Å². The lowest BCUT2D eigenvalue weighted by molar-refractivity contribution is 0.190. The van der Waals surface area contributed by atoms with Crippen molar-refractivity contribution in [2.45, 2.75) is 32.9 Å². The molecule has 2 N–H and O–H groups in total. The van der Waals surface area contributed by atoms with Crippen LogP contribution in [0.5, 0.6) is 5.75 Å². The minimum Gasteiger partial charge on any atom is -0.489 e. The van der Waals surface area contributed by atoms with E-state index in [-0.39, 0.29) is 12.1 Å². The Morgan fingerprint density at radius 2 is 1.63 bits per heavy atom. The van der Waals surface area contributed by atoms with Crippen LogP contribution < -0.4 is 10.5 Å². The molecule has 0 saturated heterocycles. The highest BCUT2D eigenvalue weighted by Gasteiger charge is 2.16. The van der Waals surface area contributed by atoms with E-state index in [1.807, 2.05) is 43.3 Å². The lowest BCUT2D eigenvalue weighted by atomic mass is 10.0. The average Bonchev–Trinajstić information content (AvgIpc) is 2.43. The molecule has 0 bridgehead atoms. The van der Waals surface area contributed by atoms with Gasteiger partial charge in [-0.1, -0.05) is 36.4 Å². The van der Waals surface area contributed by atoms with Gasteiger partial charge >= 0.3 is 0 Å². The van der Waals surface area contributed by atoms with Crippen molar-refractivity contribution in [1.29, 1.82) is 0 Å². The largest absolute Gasteiger partial charge is 0.489 e. The molecule has 2 unspecified atom stereocenters. The van der Waals surface area contributed by atoms with E-state index in [1.54, 1.807) is 0 Å². The quantitative estimate of drug-likeness (QED) is 0.902. The van der Waals surface area contributed by atoms with Crippen LogP contribution in [0.25, 0.3) is 0 Å². The lowest BCUT2D eigenvalue weighted by Crippen LogP contribution is -2.28. The van der Waals surface area contributed by atoms with Gasteiger partial charge in [0.05, 0.1) is 6.04 Å². The topological polar surface area (TPSA) is 35.2 Å². The van der Waals surface area contributed by atoms with Crippen molar-refractivity contribution in [3.63, 3.8) is 0 Å². The van der Waals surface area contributed by atoms with Gasteiger partial charge in [-0.2, -0.15) is 0 Å². The molecule has 2 atom stereocenters. The molecule has 2 nitrogen and oxygen atoms in total. The summed E-state index contributed by atoms with van der Waals surface area (Å²) in [6, 6.07) is 16.1. The first kappa shape index (κ1) is 13.6. The maximum absolute atomic E-state index is 6.23. The van der Waals surface area contributed by atoms with Crippen LogP contribution in [-0.4, -0.2) is 6.10 Å². The Morgan fingerprint density at radius 1 is 0.947 bits per heavy atom. The Balaban J connectivity index is 2.08. The summed E-state index contributed by atoms with van der Waals surface area (Å²) < 4.78 is 5.94. The number of aryl methyl sites for hydroxylation is 2. The summed E-state index contributed by atoms with van der Waals surface area (Å²) in [4.78, 5) is 0. The number of ether oxygens (including phenoxy) is 1. The molecule has 2 heteroatoms. The minimum atomic E-state index is -0.122. The molecular weight excluding hydrogens is 234 g/mol. The number of benzene rings is 2. The molecule has 0 aliphatic rings. The Morgan fingerprint density at radius 3 is 2.26 bits per heavy atom. The van der Waals surface area contributed by atoms with Crippen LogP contribution in [0.2, 0.25) is 0 Å². The SMILES string of the molecule is Cc1ccc(OC(C)C(N)c2ccccc2)cc1C. The molecule has 2 aromatic carbocycles. The van der Waals surface area contributed by atoms with E-state index in [9.17, 15) is 0 Å². The van der Waals surface area contributed by atoms with Gasteiger partial charge in [-0.15, -0.1) is 0 Å². The minimum absolute atomic E-state index is 0.0653. The maximum atomic E-state index is 6.23. The molecule has 2 aromatic rings. The Bertz CT molecular complexity index is 536. The molecule has 0 fully saturated rings. The fourth-order valence-corrected chi connectivity index (χ4v) is 2.02. The summed E-state index contributed by atoms with van der Waals surface area (Å²) in [5.74, 6) is 0.877. The molecule has 0 aliphatic carbocycles. The van der Waals surface area contributed by atoms with Crippen molar-refractivity contribution >= 4 is 0 Å². The van der Waals surface area contributed by atoms with E-state index in [2.05, 4.69) is 26.0 Å². The predicted octanol–water partition coefficient (Wildman–Crippen LogP) is 3.77. The molecule has 0 amide bonds. The van der Waals surface area contributed by atoms with Crippen LogP contribution in [0, 0.1) is 13.8 Å². The second-order valence-electron chi connectivity index (χ2n) is 5.01. The third-order valence-electron chi connectivity index (χ3n) is 3.49. The van der Waals surface area contributed by atoms with Crippen molar-refractivity contribution < 1.29 is 4.74 Å². The Hall–Kier alpha value is -1.80. The number of hydrogen-bond donors (Lipinski definition) is 1. The second kappa shape index (κ2) is 5.89. The molecule has 2 rings (SSSR count). The third kappa shape index (κ3) is 3.36. The molecular formula is C17H21NO. The zero-order chi connectivity index (χ0) is 13.8. The van der Waals surface area contributed by atoms with Gasteiger partial charge in [-0.05, 0) is 49.6 Å². The highest BCUT2D eigenvalue weighted by molar-refractivity contribution is 5.34. The summed E-state index contributed by atoms with van der Waals surface area (Å²) >= 11 is 0. The normalized spacial score (nSPS) is 13.9. The van der Waals surface area contributed by atoms with Gasteiger partial charge in [0.2, 0.25) is 0 Å². The summed E-state index contributed by atoms with van der Waals surface area (Å²) in [6.45, 7) is 6.19. The van der Waals surface area contributed by atoms with Crippen LogP contribution in [0.1, 0.15) is 29.7 Å². The highest BCUT2D eigenvalue weighted by atomic mass is 16.5. The standard InChI is InChI=1S/C17H21NO/c1-12-9-10-16(11-13(12)2)19-14(3)17(18)15-7-5-4-6-8-15/h4-11,14,17H,18H2,1-3H3. The van der Waals surface area contributed by atoms with Gasteiger partial charge in [-0.25, -0.2) is 0 Å². The second-order valence-corrected chi connectivity index (χ2v) is 5.01. The van der Waals surface area contributed by atoms with Crippen LogP contribution >= 0.6 is 0 Å². The van der Waals surface area contributed by atoms with Gasteiger partial charge < -0.3 is 10.5 Å². The van der Waals surface area contributed by atoms with Gasteiger partial charge in [0, 0.05) is 0 Å².